The Morgan fingerprint density at radius 2 is 2.26 bits per heavy atom. The second kappa shape index (κ2) is 6.45. The van der Waals surface area contributed by atoms with Gasteiger partial charge >= 0.3 is 0 Å². The number of rotatable bonds is 7. The highest BCUT2D eigenvalue weighted by atomic mass is 16.2. The summed E-state index contributed by atoms with van der Waals surface area (Å²) in [4.78, 5) is 14.0. The molecule has 4 heteroatoms. The van der Waals surface area contributed by atoms with Crippen LogP contribution < -0.4 is 16.0 Å². The lowest BCUT2D eigenvalue weighted by molar-refractivity contribution is -0.119. The molecule has 1 fully saturated rings. The molecular formula is C15H23N3O. The second-order valence-corrected chi connectivity index (χ2v) is 5.26. The summed E-state index contributed by atoms with van der Waals surface area (Å²) in [5.41, 5.74) is 7.55. The van der Waals surface area contributed by atoms with E-state index < -0.39 is 0 Å². The van der Waals surface area contributed by atoms with Crippen LogP contribution in [0, 0.1) is 5.92 Å². The zero-order chi connectivity index (χ0) is 13.7. The molecular weight excluding hydrogens is 238 g/mol. The standard InChI is InChI=1S/C15H23N3O/c1-2-8-18(14-5-3-4-13(16)9-14)11-15(19)17-10-12-6-7-12/h3-5,9,12H,2,6-8,10-11,16H2,1H3,(H,17,19). The smallest absolute Gasteiger partial charge is 0.239 e. The Balaban J connectivity index is 1.92. The molecule has 104 valence electrons. The van der Waals surface area contributed by atoms with Gasteiger partial charge in [0.15, 0.2) is 0 Å². The molecule has 1 saturated carbocycles. The number of benzene rings is 1. The third-order valence-electron chi connectivity index (χ3n) is 3.35. The van der Waals surface area contributed by atoms with E-state index in [1.165, 1.54) is 12.8 Å². The van der Waals surface area contributed by atoms with Gasteiger partial charge in [0.2, 0.25) is 5.91 Å². The van der Waals surface area contributed by atoms with Crippen LogP contribution in [0.15, 0.2) is 24.3 Å². The van der Waals surface area contributed by atoms with E-state index in [0.717, 1.165) is 36.8 Å². The maximum Gasteiger partial charge on any atom is 0.239 e. The molecule has 0 atom stereocenters. The van der Waals surface area contributed by atoms with Crippen molar-refractivity contribution in [3.05, 3.63) is 24.3 Å². The summed E-state index contributed by atoms with van der Waals surface area (Å²) in [6, 6.07) is 7.71. The van der Waals surface area contributed by atoms with E-state index in [0.29, 0.717) is 6.54 Å². The number of nitrogens with two attached hydrogens (primary N) is 1. The number of hydrogen-bond acceptors (Lipinski definition) is 3. The highest BCUT2D eigenvalue weighted by Gasteiger charge is 2.22. The summed E-state index contributed by atoms with van der Waals surface area (Å²) >= 11 is 0. The maximum absolute atomic E-state index is 11.9. The second-order valence-electron chi connectivity index (χ2n) is 5.26. The van der Waals surface area contributed by atoms with Crippen LogP contribution in [0.3, 0.4) is 0 Å². The van der Waals surface area contributed by atoms with Crippen LogP contribution in [-0.2, 0) is 4.79 Å². The number of nitrogen functional groups attached to an aromatic ring is 1. The van der Waals surface area contributed by atoms with E-state index in [1.54, 1.807) is 0 Å². The molecule has 0 bridgehead atoms. The Kier molecular flexibility index (Phi) is 4.66. The molecule has 0 saturated heterocycles. The van der Waals surface area contributed by atoms with Gasteiger partial charge in [0.1, 0.15) is 0 Å². The maximum atomic E-state index is 11.9. The largest absolute Gasteiger partial charge is 0.399 e. The summed E-state index contributed by atoms with van der Waals surface area (Å²) in [7, 11) is 0. The first-order chi connectivity index (χ1) is 9.19. The third kappa shape index (κ3) is 4.47. The quantitative estimate of drug-likeness (QED) is 0.738. The van der Waals surface area contributed by atoms with Gasteiger partial charge in [-0.3, -0.25) is 4.79 Å². The molecule has 0 heterocycles. The Morgan fingerprint density at radius 1 is 1.47 bits per heavy atom. The SMILES string of the molecule is CCCN(CC(=O)NCC1CC1)c1cccc(N)c1. The van der Waals surface area contributed by atoms with Gasteiger partial charge in [-0.05, 0) is 43.4 Å². The molecule has 1 amide bonds. The number of carbonyl (C=O) groups is 1. The molecule has 1 aliphatic rings. The summed E-state index contributed by atoms with van der Waals surface area (Å²) in [5.74, 6) is 0.818. The van der Waals surface area contributed by atoms with Crippen molar-refractivity contribution in [2.45, 2.75) is 26.2 Å². The number of hydrogen-bond donors (Lipinski definition) is 2. The Hall–Kier alpha value is -1.71. The zero-order valence-electron chi connectivity index (χ0n) is 11.6. The number of amides is 1. The van der Waals surface area contributed by atoms with Crippen LogP contribution in [-0.4, -0.2) is 25.5 Å². The van der Waals surface area contributed by atoms with Gasteiger partial charge in [-0.2, -0.15) is 0 Å². The minimum absolute atomic E-state index is 0.0998. The highest BCUT2D eigenvalue weighted by Crippen LogP contribution is 2.27. The van der Waals surface area contributed by atoms with E-state index in [-0.39, 0.29) is 5.91 Å². The van der Waals surface area contributed by atoms with E-state index >= 15 is 0 Å². The van der Waals surface area contributed by atoms with E-state index in [4.69, 9.17) is 5.73 Å². The molecule has 2 rings (SSSR count). The Labute approximate surface area is 115 Å². The monoisotopic (exact) mass is 261 g/mol. The summed E-state index contributed by atoms with van der Waals surface area (Å²) in [6.07, 6.45) is 3.52. The molecule has 1 aromatic carbocycles. The number of nitrogens with one attached hydrogen (secondary N) is 1. The van der Waals surface area contributed by atoms with Crippen LogP contribution >= 0.6 is 0 Å². The molecule has 0 radical (unpaired) electrons. The molecule has 4 nitrogen and oxygen atoms in total. The Bertz CT molecular complexity index is 429. The van der Waals surface area contributed by atoms with Crippen molar-refractivity contribution in [2.24, 2.45) is 5.92 Å². The lowest BCUT2D eigenvalue weighted by Gasteiger charge is -2.24. The summed E-state index contributed by atoms with van der Waals surface area (Å²) in [6.45, 7) is 4.21. The van der Waals surface area contributed by atoms with Crippen molar-refractivity contribution in [3.63, 3.8) is 0 Å². The molecule has 19 heavy (non-hydrogen) atoms. The molecule has 1 aliphatic carbocycles. The summed E-state index contributed by atoms with van der Waals surface area (Å²) in [5, 5.41) is 3.01. The van der Waals surface area contributed by atoms with Gasteiger partial charge in [0, 0.05) is 24.5 Å². The predicted octanol–water partition coefficient (Wildman–Crippen LogP) is 2.01. The van der Waals surface area contributed by atoms with E-state index in [1.807, 2.05) is 24.3 Å². The molecule has 0 aliphatic heterocycles. The predicted molar refractivity (Wildman–Crippen MR) is 79.1 cm³/mol. The van der Waals surface area contributed by atoms with Gasteiger partial charge in [0.25, 0.3) is 0 Å². The van der Waals surface area contributed by atoms with E-state index in [2.05, 4.69) is 17.1 Å². The highest BCUT2D eigenvalue weighted by molar-refractivity contribution is 5.81. The summed E-state index contributed by atoms with van der Waals surface area (Å²) < 4.78 is 0. The van der Waals surface area contributed by atoms with Gasteiger partial charge in [-0.25, -0.2) is 0 Å². The number of anilines is 2. The first-order valence-corrected chi connectivity index (χ1v) is 7.06. The minimum atomic E-state index is 0.0998. The van der Waals surface area contributed by atoms with Crippen molar-refractivity contribution in [1.29, 1.82) is 0 Å². The van der Waals surface area contributed by atoms with Crippen molar-refractivity contribution in [2.75, 3.05) is 30.3 Å². The topological polar surface area (TPSA) is 58.4 Å². The molecule has 0 spiro atoms. The lowest BCUT2D eigenvalue weighted by atomic mass is 10.2. The zero-order valence-corrected chi connectivity index (χ0v) is 11.6. The molecule has 1 aromatic rings. The first kappa shape index (κ1) is 13.7. The van der Waals surface area contributed by atoms with Crippen LogP contribution in [0.5, 0.6) is 0 Å². The fraction of sp³-hybridized carbons (Fsp3) is 0.533. The van der Waals surface area contributed by atoms with E-state index in [9.17, 15) is 4.79 Å². The first-order valence-electron chi connectivity index (χ1n) is 7.06. The van der Waals surface area contributed by atoms with Gasteiger partial charge < -0.3 is 16.0 Å². The molecule has 0 aromatic heterocycles. The molecule has 3 N–H and O–H groups in total. The van der Waals surface area contributed by atoms with Crippen LogP contribution in [0.2, 0.25) is 0 Å². The van der Waals surface area contributed by atoms with Crippen LogP contribution in [0.25, 0.3) is 0 Å². The van der Waals surface area contributed by atoms with Crippen molar-refractivity contribution < 1.29 is 4.79 Å². The average molecular weight is 261 g/mol. The lowest BCUT2D eigenvalue weighted by Crippen LogP contribution is -2.38. The average Bonchev–Trinajstić information content (AvgIpc) is 3.20. The van der Waals surface area contributed by atoms with Gasteiger partial charge in [-0.1, -0.05) is 13.0 Å². The fourth-order valence-corrected chi connectivity index (χ4v) is 2.10. The van der Waals surface area contributed by atoms with Crippen molar-refractivity contribution in [3.8, 4) is 0 Å². The van der Waals surface area contributed by atoms with Crippen LogP contribution in [0.1, 0.15) is 26.2 Å². The van der Waals surface area contributed by atoms with Gasteiger partial charge in [0.05, 0.1) is 6.54 Å². The van der Waals surface area contributed by atoms with Crippen molar-refractivity contribution in [1.82, 2.24) is 5.32 Å². The third-order valence-corrected chi connectivity index (χ3v) is 3.35. The molecule has 0 unspecified atom stereocenters. The van der Waals surface area contributed by atoms with Gasteiger partial charge in [-0.15, -0.1) is 0 Å². The fourth-order valence-electron chi connectivity index (χ4n) is 2.10. The number of nitrogens with zero attached hydrogens (tertiary/aromatic N) is 1. The normalized spacial score (nSPS) is 14.2. The number of carbonyl (C=O) groups excluding carboxylic acids is 1. The van der Waals surface area contributed by atoms with Crippen LogP contribution in [0.4, 0.5) is 11.4 Å². The van der Waals surface area contributed by atoms with Crippen molar-refractivity contribution >= 4 is 17.3 Å². The Morgan fingerprint density at radius 3 is 2.89 bits per heavy atom. The minimum Gasteiger partial charge on any atom is -0.399 e.